The molecule has 0 aromatic heterocycles. The van der Waals surface area contributed by atoms with Crippen LogP contribution in [-0.2, 0) is 0 Å². The molecule has 3 rings (SSSR count). The van der Waals surface area contributed by atoms with Crippen LogP contribution in [0.5, 0.6) is 0 Å². The van der Waals surface area contributed by atoms with E-state index < -0.39 is 0 Å². The fourth-order valence-corrected chi connectivity index (χ4v) is 2.45. The zero-order valence-electron chi connectivity index (χ0n) is 13.0. The third-order valence-corrected chi connectivity index (χ3v) is 3.65. The van der Waals surface area contributed by atoms with E-state index in [0.29, 0.717) is 22.4 Å². The molecule has 0 atom stereocenters. The van der Waals surface area contributed by atoms with E-state index >= 15 is 0 Å². The molecule has 0 saturated heterocycles. The fourth-order valence-electron chi connectivity index (χ4n) is 2.45. The molecule has 120 valence electrons. The van der Waals surface area contributed by atoms with Gasteiger partial charge in [0, 0.05) is 5.56 Å². The van der Waals surface area contributed by atoms with Crippen LogP contribution in [-0.4, -0.2) is 34.9 Å². The van der Waals surface area contributed by atoms with Crippen LogP contribution in [0, 0.1) is 0 Å². The first kappa shape index (κ1) is 15.6. The molecule has 0 bridgehead atoms. The highest BCUT2D eigenvalue weighted by Crippen LogP contribution is 2.22. The smallest absolute Gasteiger partial charge is 0.269 e. The molecule has 1 N–H and O–H groups in total. The highest BCUT2D eigenvalue weighted by atomic mass is 16.2. The number of nitrogens with zero attached hydrogens (tertiary/aromatic N) is 2. The second-order valence-electron chi connectivity index (χ2n) is 5.40. The van der Waals surface area contributed by atoms with Crippen molar-refractivity contribution in [2.45, 2.75) is 6.92 Å². The van der Waals surface area contributed by atoms with Crippen LogP contribution < -0.4 is 5.43 Å². The van der Waals surface area contributed by atoms with Gasteiger partial charge in [0.15, 0.2) is 0 Å². The van der Waals surface area contributed by atoms with Gasteiger partial charge in [-0.3, -0.25) is 19.3 Å². The normalized spacial score (nSPS) is 13.9. The van der Waals surface area contributed by atoms with E-state index in [1.165, 1.54) is 0 Å². The lowest BCUT2D eigenvalue weighted by Gasteiger charge is -2.13. The zero-order valence-corrected chi connectivity index (χ0v) is 13.0. The molecule has 3 amide bonds. The molecule has 0 fully saturated rings. The van der Waals surface area contributed by atoms with Crippen LogP contribution in [0.2, 0.25) is 0 Å². The Morgan fingerprint density at radius 1 is 0.958 bits per heavy atom. The van der Waals surface area contributed by atoms with Crippen molar-refractivity contribution in [2.75, 3.05) is 6.54 Å². The van der Waals surface area contributed by atoms with Crippen LogP contribution in [0.3, 0.4) is 0 Å². The van der Waals surface area contributed by atoms with E-state index in [1.807, 2.05) is 6.07 Å². The molecule has 0 radical (unpaired) electrons. The van der Waals surface area contributed by atoms with Crippen molar-refractivity contribution in [1.82, 2.24) is 10.3 Å². The average Bonchev–Trinajstić information content (AvgIpc) is 2.86. The van der Waals surface area contributed by atoms with Gasteiger partial charge in [0.25, 0.3) is 17.7 Å². The topological polar surface area (TPSA) is 78.8 Å². The highest BCUT2D eigenvalue weighted by Gasteiger charge is 2.35. The molecule has 0 aliphatic carbocycles. The van der Waals surface area contributed by atoms with Crippen molar-refractivity contribution >= 4 is 23.4 Å². The molecule has 1 aliphatic heterocycles. The molecule has 2 aromatic carbocycles. The fraction of sp³-hybridized carbons (Fsp3) is 0.111. The van der Waals surface area contributed by atoms with Crippen LogP contribution in [0.1, 0.15) is 38.0 Å². The van der Waals surface area contributed by atoms with E-state index in [-0.39, 0.29) is 24.3 Å². The van der Waals surface area contributed by atoms with E-state index in [1.54, 1.807) is 55.5 Å². The standard InChI is InChI=1S/C18H15N3O3/c1-12(19-20-16(22)13-7-3-2-4-8-13)11-21-17(23)14-9-5-6-10-15(14)18(21)24/h2-10H,11H2,1H3,(H,20,22)/b19-12+. The van der Waals surface area contributed by atoms with Gasteiger partial charge in [-0.1, -0.05) is 30.3 Å². The summed E-state index contributed by atoms with van der Waals surface area (Å²) >= 11 is 0. The molecule has 0 saturated carbocycles. The number of benzene rings is 2. The Hall–Kier alpha value is -3.28. The second-order valence-corrected chi connectivity index (χ2v) is 5.40. The highest BCUT2D eigenvalue weighted by molar-refractivity contribution is 6.22. The Morgan fingerprint density at radius 2 is 1.50 bits per heavy atom. The summed E-state index contributed by atoms with van der Waals surface area (Å²) in [5, 5.41) is 3.97. The number of rotatable bonds is 4. The number of imide groups is 1. The lowest BCUT2D eigenvalue weighted by Crippen LogP contribution is -2.35. The van der Waals surface area contributed by atoms with Gasteiger partial charge in [-0.05, 0) is 31.2 Å². The SMILES string of the molecule is C/C(CN1C(=O)c2ccccc2C1=O)=N\NC(=O)c1ccccc1. The van der Waals surface area contributed by atoms with E-state index in [9.17, 15) is 14.4 Å². The molecule has 6 nitrogen and oxygen atoms in total. The van der Waals surface area contributed by atoms with Crippen molar-refractivity contribution in [3.8, 4) is 0 Å². The molecule has 0 spiro atoms. The first-order valence-electron chi connectivity index (χ1n) is 7.41. The summed E-state index contributed by atoms with van der Waals surface area (Å²) in [7, 11) is 0. The van der Waals surface area contributed by atoms with Gasteiger partial charge in [0.05, 0.1) is 23.4 Å². The Balaban J connectivity index is 1.67. The molecule has 1 heterocycles. The van der Waals surface area contributed by atoms with E-state index in [2.05, 4.69) is 10.5 Å². The van der Waals surface area contributed by atoms with Crippen LogP contribution in [0.25, 0.3) is 0 Å². The molecule has 1 aliphatic rings. The van der Waals surface area contributed by atoms with E-state index in [0.717, 1.165) is 4.90 Å². The van der Waals surface area contributed by atoms with Crippen LogP contribution in [0.15, 0.2) is 59.7 Å². The minimum atomic E-state index is -0.350. The maximum Gasteiger partial charge on any atom is 0.271 e. The number of hydrazone groups is 1. The Kier molecular flexibility index (Phi) is 4.20. The van der Waals surface area contributed by atoms with Gasteiger partial charge >= 0.3 is 0 Å². The molecule has 2 aromatic rings. The average molecular weight is 321 g/mol. The minimum Gasteiger partial charge on any atom is -0.269 e. The van der Waals surface area contributed by atoms with Gasteiger partial charge < -0.3 is 0 Å². The predicted molar refractivity (Wildman–Crippen MR) is 88.8 cm³/mol. The van der Waals surface area contributed by atoms with Crippen molar-refractivity contribution in [3.63, 3.8) is 0 Å². The number of hydrogen-bond acceptors (Lipinski definition) is 4. The number of fused-ring (bicyclic) bond motifs is 1. The van der Waals surface area contributed by atoms with Gasteiger partial charge in [-0.25, -0.2) is 5.43 Å². The number of amides is 3. The monoisotopic (exact) mass is 321 g/mol. The summed E-state index contributed by atoms with van der Waals surface area (Å²) < 4.78 is 0. The third-order valence-electron chi connectivity index (χ3n) is 3.65. The second kappa shape index (κ2) is 6.45. The van der Waals surface area contributed by atoms with Gasteiger partial charge in [0.2, 0.25) is 0 Å². The first-order chi connectivity index (χ1) is 11.6. The van der Waals surface area contributed by atoms with Crippen LogP contribution >= 0.6 is 0 Å². The lowest BCUT2D eigenvalue weighted by molar-refractivity contribution is 0.0677. The number of nitrogens with one attached hydrogen (secondary N) is 1. The summed E-state index contributed by atoms with van der Waals surface area (Å²) in [6.45, 7) is 1.68. The van der Waals surface area contributed by atoms with E-state index in [4.69, 9.17) is 0 Å². The Morgan fingerprint density at radius 3 is 2.08 bits per heavy atom. The van der Waals surface area contributed by atoms with Crippen molar-refractivity contribution in [3.05, 3.63) is 71.3 Å². The van der Waals surface area contributed by atoms with Crippen LogP contribution in [0.4, 0.5) is 0 Å². The van der Waals surface area contributed by atoms with Crippen molar-refractivity contribution in [1.29, 1.82) is 0 Å². The zero-order chi connectivity index (χ0) is 17.1. The van der Waals surface area contributed by atoms with Crippen molar-refractivity contribution in [2.24, 2.45) is 5.10 Å². The number of carbonyl (C=O) groups excluding carboxylic acids is 3. The maximum atomic E-state index is 12.3. The van der Waals surface area contributed by atoms with Crippen molar-refractivity contribution < 1.29 is 14.4 Å². The Bertz CT molecular complexity index is 809. The summed E-state index contributed by atoms with van der Waals surface area (Å²) in [6, 6.07) is 15.3. The molecule has 24 heavy (non-hydrogen) atoms. The summed E-state index contributed by atoms with van der Waals surface area (Å²) in [5.74, 6) is -1.05. The van der Waals surface area contributed by atoms with Gasteiger partial charge in [-0.15, -0.1) is 0 Å². The summed E-state index contributed by atoms with van der Waals surface area (Å²) in [6.07, 6.45) is 0. The third kappa shape index (κ3) is 2.94. The number of carbonyl (C=O) groups is 3. The first-order valence-corrected chi connectivity index (χ1v) is 7.41. The largest absolute Gasteiger partial charge is 0.271 e. The molecular weight excluding hydrogens is 306 g/mol. The summed E-state index contributed by atoms with van der Waals surface area (Å²) in [5.41, 5.74) is 4.14. The predicted octanol–water partition coefficient (Wildman–Crippen LogP) is 2.09. The van der Waals surface area contributed by atoms with Gasteiger partial charge in [-0.2, -0.15) is 5.10 Å². The number of hydrogen-bond donors (Lipinski definition) is 1. The Labute approximate surface area is 138 Å². The molecular formula is C18H15N3O3. The minimum absolute atomic E-state index is 0.0292. The molecule has 6 heteroatoms. The maximum absolute atomic E-state index is 12.3. The lowest BCUT2D eigenvalue weighted by atomic mass is 10.1. The van der Waals surface area contributed by atoms with Gasteiger partial charge in [0.1, 0.15) is 0 Å². The molecule has 0 unspecified atom stereocenters. The quantitative estimate of drug-likeness (QED) is 0.532. The summed E-state index contributed by atoms with van der Waals surface area (Å²) in [4.78, 5) is 37.6.